The molecular weight excluding hydrogens is 282 g/mol. The second kappa shape index (κ2) is 6.57. The molecule has 0 radical (unpaired) electrons. The SMILES string of the molecule is Cc1ccc([C@H](C)NC(=O)C2(c3ccccc3)CCCC2)cc1. The standard InChI is InChI=1S/C21H25NO/c1-16-10-12-18(13-11-16)17(2)22-20(23)21(14-6-7-15-21)19-8-4-3-5-9-19/h3-5,8-13,17H,6-7,14-15H2,1-2H3,(H,22,23)/t17-/m0/s1. The molecule has 1 saturated carbocycles. The molecule has 0 aliphatic heterocycles. The van der Waals surface area contributed by atoms with Gasteiger partial charge < -0.3 is 5.32 Å². The van der Waals surface area contributed by atoms with Crippen molar-refractivity contribution in [2.24, 2.45) is 0 Å². The van der Waals surface area contributed by atoms with Crippen molar-refractivity contribution < 1.29 is 4.79 Å². The third-order valence-electron chi connectivity index (χ3n) is 5.14. The fraction of sp³-hybridized carbons (Fsp3) is 0.381. The minimum atomic E-state index is -0.347. The summed E-state index contributed by atoms with van der Waals surface area (Å²) in [6.45, 7) is 4.15. The lowest BCUT2D eigenvalue weighted by molar-refractivity contribution is -0.127. The van der Waals surface area contributed by atoms with E-state index in [0.717, 1.165) is 36.8 Å². The van der Waals surface area contributed by atoms with Gasteiger partial charge in [-0.2, -0.15) is 0 Å². The van der Waals surface area contributed by atoms with Gasteiger partial charge in [0.1, 0.15) is 0 Å². The molecule has 1 N–H and O–H groups in total. The smallest absolute Gasteiger partial charge is 0.231 e. The quantitative estimate of drug-likeness (QED) is 0.872. The number of rotatable bonds is 4. The molecule has 2 heteroatoms. The van der Waals surface area contributed by atoms with Gasteiger partial charge in [0.25, 0.3) is 0 Å². The van der Waals surface area contributed by atoms with Gasteiger partial charge in [0.05, 0.1) is 11.5 Å². The zero-order valence-corrected chi connectivity index (χ0v) is 14.0. The van der Waals surface area contributed by atoms with Crippen LogP contribution < -0.4 is 5.32 Å². The Morgan fingerprint density at radius 1 is 1.00 bits per heavy atom. The van der Waals surface area contributed by atoms with Gasteiger partial charge in [-0.05, 0) is 37.8 Å². The lowest BCUT2D eigenvalue weighted by Crippen LogP contribution is -2.43. The van der Waals surface area contributed by atoms with Crippen molar-refractivity contribution in [3.63, 3.8) is 0 Å². The van der Waals surface area contributed by atoms with Crippen molar-refractivity contribution in [1.82, 2.24) is 5.32 Å². The van der Waals surface area contributed by atoms with E-state index < -0.39 is 0 Å². The Bertz CT molecular complexity index is 654. The molecule has 2 nitrogen and oxygen atoms in total. The maximum Gasteiger partial charge on any atom is 0.231 e. The maximum absolute atomic E-state index is 13.1. The van der Waals surface area contributed by atoms with E-state index in [4.69, 9.17) is 0 Å². The van der Waals surface area contributed by atoms with Crippen molar-refractivity contribution in [3.8, 4) is 0 Å². The van der Waals surface area contributed by atoms with Gasteiger partial charge in [0.2, 0.25) is 5.91 Å². The van der Waals surface area contributed by atoms with Crippen LogP contribution in [0.25, 0.3) is 0 Å². The van der Waals surface area contributed by atoms with E-state index >= 15 is 0 Å². The van der Waals surface area contributed by atoms with Crippen LogP contribution in [0.2, 0.25) is 0 Å². The van der Waals surface area contributed by atoms with E-state index in [2.05, 4.69) is 55.6 Å². The first-order valence-corrected chi connectivity index (χ1v) is 8.55. The van der Waals surface area contributed by atoms with Crippen LogP contribution in [-0.4, -0.2) is 5.91 Å². The van der Waals surface area contributed by atoms with Gasteiger partial charge in [-0.3, -0.25) is 4.79 Å². The molecule has 2 aromatic rings. The summed E-state index contributed by atoms with van der Waals surface area (Å²) in [4.78, 5) is 13.1. The first kappa shape index (κ1) is 15.8. The minimum absolute atomic E-state index is 0.0317. The van der Waals surface area contributed by atoms with Crippen LogP contribution in [0.5, 0.6) is 0 Å². The zero-order chi connectivity index (χ0) is 16.3. The molecule has 1 atom stereocenters. The predicted molar refractivity (Wildman–Crippen MR) is 94.3 cm³/mol. The Morgan fingerprint density at radius 2 is 1.61 bits per heavy atom. The number of carbonyl (C=O) groups is 1. The van der Waals surface area contributed by atoms with Gasteiger partial charge in [-0.1, -0.05) is 73.0 Å². The lowest BCUT2D eigenvalue weighted by atomic mass is 9.77. The molecule has 0 aromatic heterocycles. The Balaban J connectivity index is 1.81. The molecule has 0 unspecified atom stereocenters. The number of benzene rings is 2. The van der Waals surface area contributed by atoms with Gasteiger partial charge in [0.15, 0.2) is 0 Å². The highest BCUT2D eigenvalue weighted by atomic mass is 16.2. The van der Waals surface area contributed by atoms with Crippen LogP contribution in [0.1, 0.15) is 55.3 Å². The molecule has 0 heterocycles. The average Bonchev–Trinajstić information content (AvgIpc) is 3.07. The highest BCUT2D eigenvalue weighted by Crippen LogP contribution is 2.41. The van der Waals surface area contributed by atoms with E-state index in [-0.39, 0.29) is 17.4 Å². The summed E-state index contributed by atoms with van der Waals surface area (Å²) in [5, 5.41) is 3.26. The molecule has 0 bridgehead atoms. The number of hydrogen-bond acceptors (Lipinski definition) is 1. The number of hydrogen-bond donors (Lipinski definition) is 1. The Kier molecular flexibility index (Phi) is 4.51. The topological polar surface area (TPSA) is 29.1 Å². The third kappa shape index (κ3) is 3.17. The Morgan fingerprint density at radius 3 is 2.22 bits per heavy atom. The Hall–Kier alpha value is -2.09. The van der Waals surface area contributed by atoms with Gasteiger partial charge >= 0.3 is 0 Å². The zero-order valence-electron chi connectivity index (χ0n) is 14.0. The normalized spacial score (nSPS) is 17.7. The van der Waals surface area contributed by atoms with E-state index in [1.165, 1.54) is 5.56 Å². The van der Waals surface area contributed by atoms with Crippen LogP contribution in [0.4, 0.5) is 0 Å². The molecule has 1 aliphatic rings. The van der Waals surface area contributed by atoms with Crippen molar-refractivity contribution in [2.75, 3.05) is 0 Å². The number of amides is 1. The maximum atomic E-state index is 13.1. The van der Waals surface area contributed by atoms with Crippen LogP contribution in [0.3, 0.4) is 0 Å². The Labute approximate surface area is 138 Å². The molecule has 1 amide bonds. The van der Waals surface area contributed by atoms with E-state index in [1.54, 1.807) is 0 Å². The van der Waals surface area contributed by atoms with Crippen molar-refractivity contribution >= 4 is 5.91 Å². The summed E-state index contributed by atoms with van der Waals surface area (Å²) in [6, 6.07) is 18.7. The number of carbonyl (C=O) groups excluding carboxylic acids is 1. The molecule has 1 fully saturated rings. The molecule has 23 heavy (non-hydrogen) atoms. The summed E-state index contributed by atoms with van der Waals surface area (Å²) < 4.78 is 0. The van der Waals surface area contributed by atoms with Crippen molar-refractivity contribution in [3.05, 3.63) is 71.3 Å². The summed E-state index contributed by atoms with van der Waals surface area (Å²) >= 11 is 0. The van der Waals surface area contributed by atoms with Gasteiger partial charge in [0, 0.05) is 0 Å². The summed E-state index contributed by atoms with van der Waals surface area (Å²) in [5.41, 5.74) is 3.21. The predicted octanol–water partition coefficient (Wildman–Crippen LogP) is 4.68. The van der Waals surface area contributed by atoms with Crippen LogP contribution in [0.15, 0.2) is 54.6 Å². The first-order chi connectivity index (χ1) is 11.1. The summed E-state index contributed by atoms with van der Waals surface area (Å²) in [7, 11) is 0. The molecule has 120 valence electrons. The van der Waals surface area contributed by atoms with Crippen LogP contribution in [-0.2, 0) is 10.2 Å². The largest absolute Gasteiger partial charge is 0.349 e. The third-order valence-corrected chi connectivity index (χ3v) is 5.14. The van der Waals surface area contributed by atoms with Crippen LogP contribution >= 0.6 is 0 Å². The van der Waals surface area contributed by atoms with Gasteiger partial charge in [-0.25, -0.2) is 0 Å². The molecule has 0 spiro atoms. The lowest BCUT2D eigenvalue weighted by Gasteiger charge is -2.30. The fourth-order valence-electron chi connectivity index (χ4n) is 3.66. The molecular formula is C21H25NO. The summed E-state index contributed by atoms with van der Waals surface area (Å²) in [5.74, 6) is 0.175. The highest BCUT2D eigenvalue weighted by molar-refractivity contribution is 5.88. The number of nitrogens with one attached hydrogen (secondary N) is 1. The first-order valence-electron chi connectivity index (χ1n) is 8.55. The monoisotopic (exact) mass is 307 g/mol. The van der Waals surface area contributed by atoms with Crippen molar-refractivity contribution in [1.29, 1.82) is 0 Å². The second-order valence-corrected chi connectivity index (χ2v) is 6.76. The number of aryl methyl sites for hydroxylation is 1. The molecule has 1 aliphatic carbocycles. The van der Waals surface area contributed by atoms with E-state index in [0.29, 0.717) is 0 Å². The van der Waals surface area contributed by atoms with E-state index in [9.17, 15) is 4.79 Å². The van der Waals surface area contributed by atoms with E-state index in [1.807, 2.05) is 18.2 Å². The molecule has 2 aromatic carbocycles. The second-order valence-electron chi connectivity index (χ2n) is 6.76. The molecule has 0 saturated heterocycles. The van der Waals surface area contributed by atoms with Gasteiger partial charge in [-0.15, -0.1) is 0 Å². The van der Waals surface area contributed by atoms with Crippen LogP contribution in [0, 0.1) is 6.92 Å². The highest BCUT2D eigenvalue weighted by Gasteiger charge is 2.42. The molecule has 3 rings (SSSR count). The average molecular weight is 307 g/mol. The fourth-order valence-corrected chi connectivity index (χ4v) is 3.66. The summed E-state index contributed by atoms with van der Waals surface area (Å²) in [6.07, 6.45) is 4.15. The van der Waals surface area contributed by atoms with Crippen molar-refractivity contribution in [2.45, 2.75) is 51.0 Å². The minimum Gasteiger partial charge on any atom is -0.349 e.